The molecule has 1 aromatic carbocycles. The lowest BCUT2D eigenvalue weighted by molar-refractivity contribution is -0.301. The van der Waals surface area contributed by atoms with E-state index in [0.29, 0.717) is 34.1 Å². The molecule has 1 aliphatic heterocycles. The molecule has 0 fully saturated rings. The highest BCUT2D eigenvalue weighted by molar-refractivity contribution is 7.99. The van der Waals surface area contributed by atoms with Crippen molar-refractivity contribution in [2.75, 3.05) is 5.75 Å². The summed E-state index contributed by atoms with van der Waals surface area (Å²) in [7, 11) is 0. The SMILES string of the molecule is Cc1ccccc1-n1c(SCC(=O)[O-])nc2sc3c(c2c1=O)CC(C)(C)OC3. The van der Waals surface area contributed by atoms with E-state index in [9.17, 15) is 14.7 Å². The van der Waals surface area contributed by atoms with Gasteiger partial charge in [-0.3, -0.25) is 9.36 Å². The Kier molecular flexibility index (Phi) is 4.81. The van der Waals surface area contributed by atoms with E-state index in [-0.39, 0.29) is 16.9 Å². The maximum Gasteiger partial charge on any atom is 0.267 e. The number of thioether (sulfide) groups is 1. The van der Waals surface area contributed by atoms with Crippen molar-refractivity contribution in [2.24, 2.45) is 0 Å². The molecule has 28 heavy (non-hydrogen) atoms. The van der Waals surface area contributed by atoms with Crippen LogP contribution >= 0.6 is 23.1 Å². The van der Waals surface area contributed by atoms with Gasteiger partial charge in [0.05, 0.1) is 29.3 Å². The molecular formula is C20H19N2O4S2-. The number of ether oxygens (including phenoxy) is 1. The zero-order valence-electron chi connectivity index (χ0n) is 15.8. The maximum atomic E-state index is 13.6. The highest BCUT2D eigenvalue weighted by Crippen LogP contribution is 2.38. The van der Waals surface area contributed by atoms with E-state index in [0.717, 1.165) is 27.8 Å². The van der Waals surface area contributed by atoms with Gasteiger partial charge in [0.2, 0.25) is 0 Å². The maximum absolute atomic E-state index is 13.6. The summed E-state index contributed by atoms with van der Waals surface area (Å²) in [6.45, 7) is 6.39. The second-order valence-electron chi connectivity index (χ2n) is 7.39. The van der Waals surface area contributed by atoms with Crippen LogP contribution in [0.1, 0.15) is 29.9 Å². The van der Waals surface area contributed by atoms with E-state index in [2.05, 4.69) is 4.98 Å². The molecule has 8 heteroatoms. The average Bonchev–Trinajstić information content (AvgIpc) is 2.97. The van der Waals surface area contributed by atoms with Crippen LogP contribution in [0.5, 0.6) is 0 Å². The molecule has 0 amide bonds. The van der Waals surface area contributed by atoms with Crippen LogP contribution in [-0.2, 0) is 22.6 Å². The smallest absolute Gasteiger partial charge is 0.267 e. The fourth-order valence-electron chi connectivity index (χ4n) is 3.42. The second-order valence-corrected chi connectivity index (χ2v) is 9.42. The minimum Gasteiger partial charge on any atom is -0.549 e. The first kappa shape index (κ1) is 19.2. The third-order valence-electron chi connectivity index (χ3n) is 4.75. The van der Waals surface area contributed by atoms with Gasteiger partial charge < -0.3 is 14.6 Å². The number of carboxylic acids is 1. The van der Waals surface area contributed by atoms with Crippen LogP contribution < -0.4 is 10.7 Å². The van der Waals surface area contributed by atoms with Crippen molar-refractivity contribution in [3.05, 3.63) is 50.6 Å². The Balaban J connectivity index is 2.00. The van der Waals surface area contributed by atoms with Crippen molar-refractivity contribution in [2.45, 2.75) is 44.6 Å². The quantitative estimate of drug-likeness (QED) is 0.481. The Bertz CT molecular complexity index is 1150. The van der Waals surface area contributed by atoms with Gasteiger partial charge in [-0.15, -0.1) is 11.3 Å². The monoisotopic (exact) mass is 415 g/mol. The molecule has 0 unspecified atom stereocenters. The third-order valence-corrected chi connectivity index (χ3v) is 6.76. The van der Waals surface area contributed by atoms with Gasteiger partial charge in [-0.1, -0.05) is 30.0 Å². The van der Waals surface area contributed by atoms with Crippen LogP contribution in [-0.4, -0.2) is 26.9 Å². The van der Waals surface area contributed by atoms with Gasteiger partial charge in [-0.25, -0.2) is 4.98 Å². The summed E-state index contributed by atoms with van der Waals surface area (Å²) in [6, 6.07) is 7.51. The lowest BCUT2D eigenvalue weighted by Gasteiger charge is -2.30. The molecule has 3 aromatic rings. The second kappa shape index (κ2) is 7.02. The number of benzene rings is 1. The van der Waals surface area contributed by atoms with E-state index in [1.807, 2.05) is 45.0 Å². The summed E-state index contributed by atoms with van der Waals surface area (Å²) in [5.74, 6) is -1.47. The van der Waals surface area contributed by atoms with Crippen molar-refractivity contribution in [1.29, 1.82) is 0 Å². The molecule has 6 nitrogen and oxygen atoms in total. The Hall–Kier alpha value is -2.16. The number of fused-ring (bicyclic) bond motifs is 3. The first-order chi connectivity index (χ1) is 13.3. The molecule has 0 radical (unpaired) electrons. The van der Waals surface area contributed by atoms with Crippen LogP contribution in [0.15, 0.2) is 34.2 Å². The van der Waals surface area contributed by atoms with Gasteiger partial charge in [-0.05, 0) is 38.0 Å². The van der Waals surface area contributed by atoms with E-state index in [1.165, 1.54) is 15.9 Å². The Morgan fingerprint density at radius 3 is 2.86 bits per heavy atom. The van der Waals surface area contributed by atoms with Crippen LogP contribution in [0.3, 0.4) is 0 Å². The molecule has 146 valence electrons. The van der Waals surface area contributed by atoms with Crippen molar-refractivity contribution in [3.63, 3.8) is 0 Å². The molecule has 4 rings (SSSR count). The number of aryl methyl sites for hydroxylation is 1. The molecule has 0 saturated heterocycles. The third kappa shape index (κ3) is 3.36. The average molecular weight is 416 g/mol. The van der Waals surface area contributed by atoms with Crippen molar-refractivity contribution in [1.82, 2.24) is 9.55 Å². The zero-order valence-corrected chi connectivity index (χ0v) is 17.4. The number of aromatic nitrogens is 2. The standard InChI is InChI=1S/C20H20N2O4S2/c1-11-6-4-5-7-13(11)22-18(25)16-12-8-20(2,3)26-9-14(12)28-17(16)21-19(22)27-10-15(23)24/h4-7H,8-10H2,1-3H3,(H,23,24)/p-1. The lowest BCUT2D eigenvalue weighted by Crippen LogP contribution is -2.32. The molecule has 2 aromatic heterocycles. The summed E-state index contributed by atoms with van der Waals surface area (Å²) in [6.07, 6.45) is 0.637. The van der Waals surface area contributed by atoms with E-state index >= 15 is 0 Å². The topological polar surface area (TPSA) is 84.3 Å². The number of hydrogen-bond acceptors (Lipinski definition) is 7. The van der Waals surface area contributed by atoms with Crippen LogP contribution in [0.4, 0.5) is 0 Å². The minimum atomic E-state index is -1.20. The van der Waals surface area contributed by atoms with Gasteiger partial charge >= 0.3 is 0 Å². The van der Waals surface area contributed by atoms with Crippen LogP contribution in [0, 0.1) is 6.92 Å². The van der Waals surface area contributed by atoms with Gasteiger partial charge in [0.1, 0.15) is 4.83 Å². The number of para-hydroxylation sites is 1. The summed E-state index contributed by atoms with van der Waals surface area (Å²) < 4.78 is 7.42. The molecule has 0 saturated carbocycles. The van der Waals surface area contributed by atoms with Gasteiger partial charge in [0.25, 0.3) is 5.56 Å². The number of thiophene rings is 1. The predicted molar refractivity (Wildman–Crippen MR) is 108 cm³/mol. The zero-order chi connectivity index (χ0) is 20.1. The number of hydrogen-bond donors (Lipinski definition) is 0. The summed E-state index contributed by atoms with van der Waals surface area (Å²) in [4.78, 5) is 30.9. The van der Waals surface area contributed by atoms with E-state index in [4.69, 9.17) is 4.74 Å². The van der Waals surface area contributed by atoms with Crippen LogP contribution in [0.2, 0.25) is 0 Å². The fraction of sp³-hybridized carbons (Fsp3) is 0.350. The van der Waals surface area contributed by atoms with Crippen LogP contribution in [0.25, 0.3) is 15.9 Å². The molecule has 0 spiro atoms. The van der Waals surface area contributed by atoms with Gasteiger partial charge in [0, 0.05) is 17.1 Å². The van der Waals surface area contributed by atoms with Crippen molar-refractivity contribution in [3.8, 4) is 5.69 Å². The molecule has 3 heterocycles. The summed E-state index contributed by atoms with van der Waals surface area (Å²) in [5, 5.41) is 12.0. The summed E-state index contributed by atoms with van der Waals surface area (Å²) in [5.41, 5.74) is 2.09. The van der Waals surface area contributed by atoms with E-state index < -0.39 is 5.97 Å². The number of carbonyl (C=O) groups excluding carboxylic acids is 1. The molecule has 1 aliphatic rings. The lowest BCUT2D eigenvalue weighted by atomic mass is 9.94. The Morgan fingerprint density at radius 1 is 1.39 bits per heavy atom. The fourth-order valence-corrected chi connectivity index (χ4v) is 5.29. The molecule has 0 bridgehead atoms. The number of carboxylic acid groups (broad SMARTS) is 1. The van der Waals surface area contributed by atoms with Gasteiger partial charge in [-0.2, -0.15) is 0 Å². The highest BCUT2D eigenvalue weighted by Gasteiger charge is 2.31. The molecule has 0 N–H and O–H groups in total. The normalized spacial score (nSPS) is 15.5. The predicted octanol–water partition coefficient (Wildman–Crippen LogP) is 2.45. The largest absolute Gasteiger partial charge is 0.549 e. The first-order valence-corrected chi connectivity index (χ1v) is 10.7. The number of nitrogens with zero attached hydrogens (tertiary/aromatic N) is 2. The van der Waals surface area contributed by atoms with Crippen molar-refractivity contribution < 1.29 is 14.6 Å². The number of aliphatic carboxylic acids is 1. The number of carbonyl (C=O) groups is 1. The minimum absolute atomic E-state index is 0.171. The molecule has 0 atom stereocenters. The Morgan fingerprint density at radius 2 is 2.14 bits per heavy atom. The van der Waals surface area contributed by atoms with Gasteiger partial charge in [0.15, 0.2) is 5.16 Å². The first-order valence-electron chi connectivity index (χ1n) is 8.87. The summed E-state index contributed by atoms with van der Waals surface area (Å²) >= 11 is 2.44. The molecule has 0 aliphatic carbocycles. The Labute approximate surface area is 170 Å². The van der Waals surface area contributed by atoms with Crippen molar-refractivity contribution >= 4 is 39.3 Å². The van der Waals surface area contributed by atoms with E-state index in [1.54, 1.807) is 0 Å². The highest BCUT2D eigenvalue weighted by atomic mass is 32.2. The number of rotatable bonds is 4. The molecular weight excluding hydrogens is 396 g/mol.